The number of rotatable bonds is 11. The van der Waals surface area contributed by atoms with Gasteiger partial charge >= 0.3 is 0 Å². The van der Waals surface area contributed by atoms with Crippen LogP contribution >= 0.6 is 0 Å². The van der Waals surface area contributed by atoms with Crippen LogP contribution in [0.5, 0.6) is 17.2 Å². The highest BCUT2D eigenvalue weighted by Crippen LogP contribution is 2.32. The van der Waals surface area contributed by atoms with Crippen LogP contribution in [0.25, 0.3) is 17.5 Å². The summed E-state index contributed by atoms with van der Waals surface area (Å²) in [5.41, 5.74) is 2.77. The molecule has 30 heavy (non-hydrogen) atoms. The molecule has 0 saturated heterocycles. The van der Waals surface area contributed by atoms with Crippen molar-refractivity contribution in [1.82, 2.24) is 4.98 Å². The zero-order valence-electron chi connectivity index (χ0n) is 17.9. The Balaban J connectivity index is 1.70. The number of hydrogen-bond donors (Lipinski definition) is 0. The molecule has 0 atom stereocenters. The predicted molar refractivity (Wildman–Crippen MR) is 119 cm³/mol. The summed E-state index contributed by atoms with van der Waals surface area (Å²) in [5, 5.41) is 0. The first kappa shape index (κ1) is 21.5. The smallest absolute Gasteiger partial charge is 0.226 e. The summed E-state index contributed by atoms with van der Waals surface area (Å²) in [6.07, 6.45) is 7.44. The van der Waals surface area contributed by atoms with E-state index in [-0.39, 0.29) is 0 Å². The molecule has 5 nitrogen and oxygen atoms in total. The molecule has 0 aliphatic heterocycles. The molecule has 0 bridgehead atoms. The summed E-state index contributed by atoms with van der Waals surface area (Å²) in [5.74, 6) is 2.89. The van der Waals surface area contributed by atoms with Crippen molar-refractivity contribution < 1.29 is 18.6 Å². The molecular weight excluding hydrogens is 378 g/mol. The van der Waals surface area contributed by atoms with Gasteiger partial charge in [0.25, 0.3) is 0 Å². The maximum Gasteiger partial charge on any atom is 0.226 e. The molecule has 3 aromatic rings. The molecule has 3 rings (SSSR count). The van der Waals surface area contributed by atoms with Gasteiger partial charge in [0.1, 0.15) is 17.7 Å². The van der Waals surface area contributed by atoms with E-state index in [0.717, 1.165) is 47.8 Å². The minimum Gasteiger partial charge on any atom is -0.493 e. The average Bonchev–Trinajstić information content (AvgIpc) is 3.23. The number of nitrogens with zero attached hydrogens (tertiary/aromatic N) is 1. The highest BCUT2D eigenvalue weighted by Gasteiger charge is 2.11. The molecule has 0 aliphatic carbocycles. The molecule has 0 spiro atoms. The van der Waals surface area contributed by atoms with E-state index < -0.39 is 0 Å². The van der Waals surface area contributed by atoms with E-state index >= 15 is 0 Å². The minimum atomic E-state index is 0.547. The van der Waals surface area contributed by atoms with Gasteiger partial charge in [-0.05, 0) is 62.6 Å². The van der Waals surface area contributed by atoms with E-state index in [2.05, 4.69) is 24.1 Å². The first-order valence-electron chi connectivity index (χ1n) is 10.5. The molecule has 0 N–H and O–H groups in total. The number of hydrogen-bond acceptors (Lipinski definition) is 5. The largest absolute Gasteiger partial charge is 0.493 e. The van der Waals surface area contributed by atoms with Crippen molar-refractivity contribution in [3.63, 3.8) is 0 Å². The molecule has 158 valence electrons. The molecule has 0 radical (unpaired) electrons. The summed E-state index contributed by atoms with van der Waals surface area (Å²) in [6, 6.07) is 13.8. The predicted octanol–water partition coefficient (Wildman–Crippen LogP) is 6.18. The lowest BCUT2D eigenvalue weighted by molar-refractivity contribution is 0.288. The van der Waals surface area contributed by atoms with E-state index in [1.165, 1.54) is 0 Å². The van der Waals surface area contributed by atoms with E-state index in [1.54, 1.807) is 6.26 Å². The second-order valence-corrected chi connectivity index (χ2v) is 6.67. The number of allylic oxidation sites excluding steroid dienone is 1. The molecule has 0 amide bonds. The Morgan fingerprint density at radius 2 is 1.70 bits per heavy atom. The molecule has 0 unspecified atom stereocenters. The van der Waals surface area contributed by atoms with Crippen molar-refractivity contribution in [2.75, 3.05) is 19.8 Å². The van der Waals surface area contributed by atoms with Crippen molar-refractivity contribution in [3.8, 4) is 28.7 Å². The zero-order chi connectivity index (χ0) is 21.2. The number of benzene rings is 2. The third-order valence-corrected chi connectivity index (χ3v) is 4.37. The summed E-state index contributed by atoms with van der Waals surface area (Å²) in [6.45, 7) is 7.87. The van der Waals surface area contributed by atoms with Gasteiger partial charge in [-0.3, -0.25) is 0 Å². The number of para-hydroxylation sites is 1. The first-order valence-corrected chi connectivity index (χ1v) is 10.5. The van der Waals surface area contributed by atoms with Gasteiger partial charge in [-0.15, -0.1) is 0 Å². The Kier molecular flexibility index (Phi) is 7.95. The second kappa shape index (κ2) is 11.1. The second-order valence-electron chi connectivity index (χ2n) is 6.67. The highest BCUT2D eigenvalue weighted by atomic mass is 16.5. The van der Waals surface area contributed by atoms with Gasteiger partial charge < -0.3 is 18.6 Å². The lowest BCUT2D eigenvalue weighted by Crippen LogP contribution is -1.98. The minimum absolute atomic E-state index is 0.547. The fraction of sp³-hybridized carbons (Fsp3) is 0.320. The molecule has 2 aromatic carbocycles. The monoisotopic (exact) mass is 407 g/mol. The Bertz CT molecular complexity index is 961. The molecule has 0 aliphatic rings. The maximum absolute atomic E-state index is 5.82. The van der Waals surface area contributed by atoms with Crippen LogP contribution < -0.4 is 14.2 Å². The van der Waals surface area contributed by atoms with E-state index in [9.17, 15) is 0 Å². The van der Waals surface area contributed by atoms with Gasteiger partial charge in [-0.1, -0.05) is 31.2 Å². The van der Waals surface area contributed by atoms with Crippen LogP contribution in [-0.2, 0) is 6.42 Å². The summed E-state index contributed by atoms with van der Waals surface area (Å²) in [7, 11) is 0. The Morgan fingerprint density at radius 1 is 0.900 bits per heavy atom. The first-order chi connectivity index (χ1) is 14.7. The lowest BCUT2D eigenvalue weighted by Gasteiger charge is -2.11. The fourth-order valence-corrected chi connectivity index (χ4v) is 3.01. The van der Waals surface area contributed by atoms with E-state index in [0.29, 0.717) is 24.9 Å². The zero-order valence-corrected chi connectivity index (χ0v) is 17.9. The topological polar surface area (TPSA) is 53.7 Å². The molecule has 1 heterocycles. The van der Waals surface area contributed by atoms with Crippen LogP contribution in [0.2, 0.25) is 0 Å². The lowest BCUT2D eigenvalue weighted by atomic mass is 10.1. The standard InChI is InChI=1S/C25H29NO4/c1-4-16-29-22-13-8-7-10-19(22)11-9-12-21-18-30-25(26-21)20-14-15-23(27-5-2)24(17-20)28-6-3/h7-10,12-15,17-18H,4-6,11,16H2,1-3H3/b12-9+. The van der Waals surface area contributed by atoms with Crippen LogP contribution in [0.1, 0.15) is 38.4 Å². The maximum atomic E-state index is 5.82. The van der Waals surface area contributed by atoms with Gasteiger partial charge in [-0.2, -0.15) is 0 Å². The van der Waals surface area contributed by atoms with Gasteiger partial charge in [0.05, 0.1) is 19.8 Å². The third kappa shape index (κ3) is 5.66. The number of oxazole rings is 1. The highest BCUT2D eigenvalue weighted by molar-refractivity contribution is 5.61. The van der Waals surface area contributed by atoms with Crippen LogP contribution in [0, 0.1) is 0 Å². The Hall–Kier alpha value is -3.21. The average molecular weight is 408 g/mol. The molecule has 1 aromatic heterocycles. The van der Waals surface area contributed by atoms with Crippen LogP contribution in [0.4, 0.5) is 0 Å². The quantitative estimate of drug-likeness (QED) is 0.380. The van der Waals surface area contributed by atoms with Crippen molar-refractivity contribution in [3.05, 3.63) is 66.1 Å². The van der Waals surface area contributed by atoms with Gasteiger partial charge in [0.2, 0.25) is 5.89 Å². The summed E-state index contributed by atoms with van der Waals surface area (Å²) in [4.78, 5) is 4.58. The van der Waals surface area contributed by atoms with Crippen molar-refractivity contribution in [2.24, 2.45) is 0 Å². The van der Waals surface area contributed by atoms with Crippen LogP contribution in [-0.4, -0.2) is 24.8 Å². The summed E-state index contributed by atoms with van der Waals surface area (Å²) >= 11 is 0. The molecule has 5 heteroatoms. The van der Waals surface area contributed by atoms with Crippen LogP contribution in [0.3, 0.4) is 0 Å². The van der Waals surface area contributed by atoms with Crippen molar-refractivity contribution in [2.45, 2.75) is 33.6 Å². The molecule has 0 saturated carbocycles. The van der Waals surface area contributed by atoms with Crippen molar-refractivity contribution in [1.29, 1.82) is 0 Å². The number of ether oxygens (including phenoxy) is 3. The van der Waals surface area contributed by atoms with Gasteiger partial charge in [-0.25, -0.2) is 4.98 Å². The Labute approximate surface area is 178 Å². The van der Waals surface area contributed by atoms with Gasteiger partial charge in [0.15, 0.2) is 11.5 Å². The Morgan fingerprint density at radius 3 is 2.50 bits per heavy atom. The molecular formula is C25H29NO4. The third-order valence-electron chi connectivity index (χ3n) is 4.37. The summed E-state index contributed by atoms with van der Waals surface area (Å²) < 4.78 is 22.8. The normalized spacial score (nSPS) is 11.0. The SMILES string of the molecule is CCCOc1ccccc1C/C=C/c1coc(-c2ccc(OCC)c(OCC)c2)n1. The van der Waals surface area contributed by atoms with E-state index in [4.69, 9.17) is 18.6 Å². The molecule has 0 fully saturated rings. The van der Waals surface area contributed by atoms with Crippen molar-refractivity contribution >= 4 is 6.08 Å². The van der Waals surface area contributed by atoms with Crippen LogP contribution in [0.15, 0.2) is 59.2 Å². The van der Waals surface area contributed by atoms with E-state index in [1.807, 2.05) is 56.3 Å². The fourth-order valence-electron chi connectivity index (χ4n) is 3.01. The number of aromatic nitrogens is 1. The van der Waals surface area contributed by atoms with Gasteiger partial charge in [0, 0.05) is 5.56 Å².